The van der Waals surface area contributed by atoms with Crippen LogP contribution >= 0.6 is 11.3 Å². The summed E-state index contributed by atoms with van der Waals surface area (Å²) in [5.41, 5.74) is 1.92. The molecule has 24 heavy (non-hydrogen) atoms. The normalized spacial score (nSPS) is 16.2. The molecule has 7 heteroatoms. The number of thiazole rings is 1. The number of fused-ring (bicyclic) bond motifs is 2. The highest BCUT2D eigenvalue weighted by molar-refractivity contribution is 7.18. The van der Waals surface area contributed by atoms with Crippen LogP contribution in [0.5, 0.6) is 0 Å². The monoisotopic (exact) mass is 336 g/mol. The fourth-order valence-corrected chi connectivity index (χ4v) is 4.54. The van der Waals surface area contributed by atoms with E-state index in [0.717, 1.165) is 48.3 Å². The zero-order valence-corrected chi connectivity index (χ0v) is 13.8. The minimum atomic E-state index is 0.542. The predicted molar refractivity (Wildman–Crippen MR) is 95.5 cm³/mol. The van der Waals surface area contributed by atoms with Crippen molar-refractivity contribution in [1.29, 1.82) is 0 Å². The molecule has 1 N–H and O–H groups in total. The summed E-state index contributed by atoms with van der Waals surface area (Å²) < 4.78 is 1.28. The molecule has 3 aromatic heterocycles. The molecular weight excluding hydrogens is 320 g/mol. The van der Waals surface area contributed by atoms with Crippen LogP contribution in [0.25, 0.3) is 21.3 Å². The molecule has 1 fully saturated rings. The van der Waals surface area contributed by atoms with Gasteiger partial charge in [0.1, 0.15) is 12.1 Å². The maximum absolute atomic E-state index is 4.84. The molecule has 1 aliphatic rings. The molecule has 0 amide bonds. The number of H-pyrrole nitrogens is 1. The first-order valence-electron chi connectivity index (χ1n) is 8.13. The van der Waals surface area contributed by atoms with Crippen molar-refractivity contribution < 1.29 is 0 Å². The Kier molecular flexibility index (Phi) is 3.19. The third kappa shape index (κ3) is 2.24. The van der Waals surface area contributed by atoms with Crippen LogP contribution in [-0.4, -0.2) is 38.2 Å². The van der Waals surface area contributed by atoms with Gasteiger partial charge in [-0.15, -0.1) is 11.3 Å². The van der Waals surface area contributed by atoms with Gasteiger partial charge in [-0.2, -0.15) is 5.10 Å². The summed E-state index contributed by atoms with van der Waals surface area (Å²) in [5, 5.41) is 9.26. The number of piperidine rings is 1. The lowest BCUT2D eigenvalue weighted by molar-refractivity contribution is 0.502. The first-order valence-corrected chi connectivity index (χ1v) is 8.94. The van der Waals surface area contributed by atoms with Gasteiger partial charge in [0.25, 0.3) is 0 Å². The summed E-state index contributed by atoms with van der Waals surface area (Å²) >= 11 is 1.83. The van der Waals surface area contributed by atoms with Gasteiger partial charge in [-0.3, -0.25) is 5.10 Å². The first-order chi connectivity index (χ1) is 11.9. The molecule has 0 unspecified atom stereocenters. The number of hydrogen-bond acceptors (Lipinski definition) is 6. The summed E-state index contributed by atoms with van der Waals surface area (Å²) in [4.78, 5) is 15.9. The van der Waals surface area contributed by atoms with E-state index >= 15 is 0 Å². The van der Waals surface area contributed by atoms with Crippen LogP contribution in [-0.2, 0) is 0 Å². The summed E-state index contributed by atoms with van der Waals surface area (Å²) in [7, 11) is 0. The summed E-state index contributed by atoms with van der Waals surface area (Å²) in [6, 6.07) is 8.39. The van der Waals surface area contributed by atoms with Crippen LogP contribution in [0, 0.1) is 0 Å². The highest BCUT2D eigenvalue weighted by Crippen LogP contribution is 2.35. The summed E-state index contributed by atoms with van der Waals surface area (Å²) in [5.74, 6) is 1.52. The average molecular weight is 336 g/mol. The molecule has 6 nitrogen and oxygen atoms in total. The number of nitrogens with one attached hydrogen (secondary N) is 1. The second kappa shape index (κ2) is 5.52. The van der Waals surface area contributed by atoms with Crippen molar-refractivity contribution in [2.45, 2.75) is 18.8 Å². The highest BCUT2D eigenvalue weighted by Gasteiger charge is 2.25. The minimum absolute atomic E-state index is 0.542. The molecule has 0 bridgehead atoms. The fourth-order valence-electron chi connectivity index (χ4n) is 3.41. The molecule has 5 rings (SSSR count). The van der Waals surface area contributed by atoms with Gasteiger partial charge in [0.05, 0.1) is 26.8 Å². The Bertz CT molecular complexity index is 965. The molecule has 1 aliphatic heterocycles. The molecule has 120 valence electrons. The van der Waals surface area contributed by atoms with E-state index in [9.17, 15) is 0 Å². The summed E-state index contributed by atoms with van der Waals surface area (Å²) in [6.07, 6.45) is 5.62. The van der Waals surface area contributed by atoms with Crippen molar-refractivity contribution >= 4 is 38.4 Å². The summed E-state index contributed by atoms with van der Waals surface area (Å²) in [6.45, 7) is 1.97. The number of rotatable bonds is 2. The quantitative estimate of drug-likeness (QED) is 0.608. The van der Waals surface area contributed by atoms with Gasteiger partial charge in [-0.1, -0.05) is 12.1 Å². The van der Waals surface area contributed by atoms with Crippen LogP contribution in [0.15, 0.2) is 36.8 Å². The first kappa shape index (κ1) is 13.9. The average Bonchev–Trinajstić information content (AvgIpc) is 3.28. The number of para-hydroxylation sites is 1. The Hall–Kier alpha value is -2.54. The zero-order chi connectivity index (χ0) is 15.9. The molecule has 4 aromatic rings. The Morgan fingerprint density at radius 3 is 2.88 bits per heavy atom. The molecule has 0 saturated carbocycles. The largest absolute Gasteiger partial charge is 0.356 e. The maximum atomic E-state index is 4.84. The topological polar surface area (TPSA) is 70.6 Å². The van der Waals surface area contributed by atoms with E-state index in [1.54, 1.807) is 6.33 Å². The van der Waals surface area contributed by atoms with Crippen LogP contribution in [0.1, 0.15) is 23.8 Å². The second-order valence-electron chi connectivity index (χ2n) is 6.11. The third-order valence-electron chi connectivity index (χ3n) is 4.68. The zero-order valence-electron chi connectivity index (χ0n) is 13.0. The van der Waals surface area contributed by atoms with Crippen LogP contribution in [0.3, 0.4) is 0 Å². The van der Waals surface area contributed by atoms with Gasteiger partial charge in [0.2, 0.25) is 0 Å². The van der Waals surface area contributed by atoms with Gasteiger partial charge >= 0.3 is 0 Å². The molecule has 1 saturated heterocycles. The van der Waals surface area contributed by atoms with E-state index in [-0.39, 0.29) is 0 Å². The Labute approximate surface area is 142 Å². The number of benzene rings is 1. The van der Waals surface area contributed by atoms with E-state index in [1.165, 1.54) is 9.71 Å². The molecule has 1 aromatic carbocycles. The van der Waals surface area contributed by atoms with Crippen LogP contribution in [0.2, 0.25) is 0 Å². The van der Waals surface area contributed by atoms with Gasteiger partial charge in [-0.05, 0) is 25.0 Å². The lowest BCUT2D eigenvalue weighted by atomic mass is 9.97. The van der Waals surface area contributed by atoms with Crippen molar-refractivity contribution in [3.8, 4) is 0 Å². The lowest BCUT2D eigenvalue weighted by Gasteiger charge is -2.32. The van der Waals surface area contributed by atoms with E-state index < -0.39 is 0 Å². The molecule has 4 heterocycles. The van der Waals surface area contributed by atoms with Gasteiger partial charge in [0.15, 0.2) is 5.65 Å². The number of aromatic amines is 1. The smallest absolute Gasteiger partial charge is 0.160 e. The lowest BCUT2D eigenvalue weighted by Crippen LogP contribution is -2.33. The SMILES string of the molecule is c1ccc2sc(C3CCN(c4ncnc5[nH]ncc45)CC3)nc2c1. The fraction of sp³-hybridized carbons (Fsp3) is 0.294. The van der Waals surface area contributed by atoms with Crippen molar-refractivity contribution in [2.75, 3.05) is 18.0 Å². The second-order valence-corrected chi connectivity index (χ2v) is 7.17. The van der Waals surface area contributed by atoms with Crippen molar-refractivity contribution in [1.82, 2.24) is 25.1 Å². The van der Waals surface area contributed by atoms with Crippen molar-refractivity contribution in [2.24, 2.45) is 0 Å². The van der Waals surface area contributed by atoms with Gasteiger partial charge in [0, 0.05) is 19.0 Å². The third-order valence-corrected chi connectivity index (χ3v) is 5.88. The number of hydrogen-bond donors (Lipinski definition) is 1. The predicted octanol–water partition coefficient (Wildman–Crippen LogP) is 3.35. The van der Waals surface area contributed by atoms with E-state index in [0.29, 0.717) is 5.92 Å². The highest BCUT2D eigenvalue weighted by atomic mass is 32.1. The maximum Gasteiger partial charge on any atom is 0.160 e. The van der Waals surface area contributed by atoms with Crippen LogP contribution < -0.4 is 4.90 Å². The van der Waals surface area contributed by atoms with E-state index in [4.69, 9.17) is 4.98 Å². The van der Waals surface area contributed by atoms with Crippen molar-refractivity contribution in [3.63, 3.8) is 0 Å². The molecule has 0 spiro atoms. The van der Waals surface area contributed by atoms with Crippen LogP contribution in [0.4, 0.5) is 5.82 Å². The Balaban J connectivity index is 1.38. The molecule has 0 aliphatic carbocycles. The van der Waals surface area contributed by atoms with Gasteiger partial charge < -0.3 is 4.90 Å². The Morgan fingerprint density at radius 1 is 1.12 bits per heavy atom. The minimum Gasteiger partial charge on any atom is -0.356 e. The molecule has 0 atom stereocenters. The Morgan fingerprint density at radius 2 is 2.00 bits per heavy atom. The number of nitrogens with zero attached hydrogens (tertiary/aromatic N) is 5. The van der Waals surface area contributed by atoms with E-state index in [2.05, 4.69) is 49.3 Å². The number of anilines is 1. The molecule has 0 radical (unpaired) electrons. The van der Waals surface area contributed by atoms with Crippen molar-refractivity contribution in [3.05, 3.63) is 41.8 Å². The number of aromatic nitrogens is 5. The standard InChI is InChI=1S/C17H16N6S/c1-2-4-14-13(3-1)21-17(24-14)11-5-7-23(8-6-11)16-12-9-20-22-15(12)18-10-19-16/h1-4,9-11H,5-8H2,(H,18,19,20,22). The van der Waals surface area contributed by atoms with Gasteiger partial charge in [-0.25, -0.2) is 15.0 Å². The molecular formula is C17H16N6S. The van der Waals surface area contributed by atoms with E-state index in [1.807, 2.05) is 17.5 Å².